The zero-order chi connectivity index (χ0) is 18.9. The molecule has 1 aromatic rings. The smallest absolute Gasteiger partial charge is 0.242 e. The van der Waals surface area contributed by atoms with Crippen molar-refractivity contribution in [3.05, 3.63) is 47.5 Å². The Balaban J connectivity index is 3.39. The van der Waals surface area contributed by atoms with Gasteiger partial charge in [-0.25, -0.2) is 8.93 Å². The minimum absolute atomic E-state index is 0.0460. The average molecular weight is 373 g/mol. The molecule has 0 spiro atoms. The highest BCUT2D eigenvalue weighted by molar-refractivity contribution is 7.84. The van der Waals surface area contributed by atoms with E-state index in [0.717, 1.165) is 6.08 Å². The Labute approximate surface area is 138 Å². The molecular formula is C15H17F6NOS. The Morgan fingerprint density at radius 2 is 1.42 bits per heavy atom. The fraction of sp³-hybridized carbons (Fsp3) is 0.467. The van der Waals surface area contributed by atoms with Crippen molar-refractivity contribution in [1.82, 2.24) is 4.72 Å². The average Bonchev–Trinajstić information content (AvgIpc) is 2.40. The normalized spacial score (nSPS) is 15.9. The number of hydrogen-bond donors (Lipinski definition) is 1. The van der Waals surface area contributed by atoms with Gasteiger partial charge in [0.1, 0.15) is 0 Å². The van der Waals surface area contributed by atoms with E-state index in [0.29, 0.717) is 12.1 Å². The van der Waals surface area contributed by atoms with Crippen LogP contribution in [0.5, 0.6) is 0 Å². The first kappa shape index (κ1) is 20.7. The summed E-state index contributed by atoms with van der Waals surface area (Å²) in [6, 6.07) is 0.0984. The van der Waals surface area contributed by atoms with Gasteiger partial charge in [0, 0.05) is 0 Å². The standard InChI is InChI=1S/C15H17F6NOS/c1-5-12(22-24(23)13(2,3)4)9-6-10(14(16,17)18)8-11(7-9)15(19,20)21/h5-8,12,22H,1H2,2-4H3/t12-,24-/m0/s1. The van der Waals surface area contributed by atoms with E-state index in [9.17, 15) is 30.6 Å². The van der Waals surface area contributed by atoms with Crippen molar-refractivity contribution in [2.45, 2.75) is 43.9 Å². The van der Waals surface area contributed by atoms with Gasteiger partial charge in [-0.2, -0.15) is 26.3 Å². The molecule has 0 aliphatic rings. The Hall–Kier alpha value is -1.35. The molecule has 1 rings (SSSR count). The van der Waals surface area contributed by atoms with Crippen molar-refractivity contribution < 1.29 is 30.6 Å². The van der Waals surface area contributed by atoms with Crippen LogP contribution >= 0.6 is 0 Å². The molecule has 0 aromatic heterocycles. The van der Waals surface area contributed by atoms with E-state index in [1.807, 2.05) is 0 Å². The molecule has 2 nitrogen and oxygen atoms in total. The number of benzene rings is 1. The number of nitrogens with one attached hydrogen (secondary N) is 1. The molecule has 0 aliphatic heterocycles. The van der Waals surface area contributed by atoms with E-state index in [2.05, 4.69) is 11.3 Å². The Morgan fingerprint density at radius 3 is 1.71 bits per heavy atom. The molecule has 1 aromatic carbocycles. The van der Waals surface area contributed by atoms with Crippen LogP contribution in [0.25, 0.3) is 0 Å². The summed E-state index contributed by atoms with van der Waals surface area (Å²) in [5.41, 5.74) is -3.17. The second-order valence-corrected chi connectivity index (χ2v) is 8.05. The zero-order valence-electron chi connectivity index (χ0n) is 13.2. The van der Waals surface area contributed by atoms with Crippen LogP contribution in [0.2, 0.25) is 0 Å². The SMILES string of the molecule is C=C[C@H](N[S@@](=O)C(C)(C)C)c1cc(C(F)(F)F)cc(C(F)(F)F)c1. The molecule has 136 valence electrons. The van der Waals surface area contributed by atoms with Crippen LogP contribution in [0.4, 0.5) is 26.3 Å². The third-order valence-corrected chi connectivity index (χ3v) is 4.58. The first-order valence-electron chi connectivity index (χ1n) is 6.76. The second-order valence-electron chi connectivity index (χ2n) is 6.05. The molecule has 0 heterocycles. The summed E-state index contributed by atoms with van der Waals surface area (Å²) in [5.74, 6) is 0. The highest BCUT2D eigenvalue weighted by Gasteiger charge is 2.37. The van der Waals surface area contributed by atoms with Gasteiger partial charge in [0.05, 0.1) is 32.9 Å². The van der Waals surface area contributed by atoms with Gasteiger partial charge in [0.2, 0.25) is 0 Å². The van der Waals surface area contributed by atoms with Crippen molar-refractivity contribution in [2.24, 2.45) is 0 Å². The van der Waals surface area contributed by atoms with E-state index in [1.165, 1.54) is 0 Å². The Morgan fingerprint density at radius 1 is 1.00 bits per heavy atom. The number of halogens is 6. The number of alkyl halides is 6. The molecule has 0 radical (unpaired) electrons. The summed E-state index contributed by atoms with van der Waals surface area (Å²) < 4.78 is 91.1. The maximum atomic E-state index is 12.9. The second kappa shape index (κ2) is 6.87. The number of hydrogen-bond acceptors (Lipinski definition) is 1. The lowest BCUT2D eigenvalue weighted by atomic mass is 10.00. The molecule has 0 saturated heterocycles. The molecule has 0 bridgehead atoms. The van der Waals surface area contributed by atoms with Gasteiger partial charge in [-0.15, -0.1) is 6.58 Å². The van der Waals surface area contributed by atoms with Crippen molar-refractivity contribution in [2.75, 3.05) is 0 Å². The molecule has 0 fully saturated rings. The van der Waals surface area contributed by atoms with E-state index in [-0.39, 0.29) is 11.6 Å². The predicted octanol–water partition coefficient (Wildman–Crippen LogP) is 5.00. The lowest BCUT2D eigenvalue weighted by Gasteiger charge is -2.24. The lowest BCUT2D eigenvalue weighted by molar-refractivity contribution is -0.143. The van der Waals surface area contributed by atoms with E-state index >= 15 is 0 Å². The maximum Gasteiger partial charge on any atom is 0.416 e. The van der Waals surface area contributed by atoms with Gasteiger partial charge in [-0.05, 0) is 44.5 Å². The van der Waals surface area contributed by atoms with E-state index in [4.69, 9.17) is 0 Å². The fourth-order valence-electron chi connectivity index (χ4n) is 1.70. The van der Waals surface area contributed by atoms with Crippen LogP contribution in [-0.4, -0.2) is 8.96 Å². The van der Waals surface area contributed by atoms with Crippen molar-refractivity contribution >= 4 is 11.0 Å². The minimum Gasteiger partial charge on any atom is -0.242 e. The lowest BCUT2D eigenvalue weighted by Crippen LogP contribution is -2.35. The van der Waals surface area contributed by atoms with Gasteiger partial charge in [-0.1, -0.05) is 6.08 Å². The quantitative estimate of drug-likeness (QED) is 0.584. The summed E-state index contributed by atoms with van der Waals surface area (Å²) in [6.45, 7) is 8.24. The highest BCUT2D eigenvalue weighted by atomic mass is 32.2. The largest absolute Gasteiger partial charge is 0.416 e. The Bertz CT molecular complexity index is 598. The van der Waals surface area contributed by atoms with Crippen LogP contribution in [0.3, 0.4) is 0 Å². The highest BCUT2D eigenvalue weighted by Crippen LogP contribution is 2.37. The van der Waals surface area contributed by atoms with Crippen molar-refractivity contribution in [1.29, 1.82) is 0 Å². The van der Waals surface area contributed by atoms with E-state index in [1.54, 1.807) is 20.8 Å². The van der Waals surface area contributed by atoms with Gasteiger partial charge in [0.25, 0.3) is 0 Å². The first-order valence-corrected chi connectivity index (χ1v) is 7.91. The molecule has 0 unspecified atom stereocenters. The van der Waals surface area contributed by atoms with E-state index < -0.39 is 45.3 Å². The predicted molar refractivity (Wildman–Crippen MR) is 80.4 cm³/mol. The zero-order valence-corrected chi connectivity index (χ0v) is 14.0. The van der Waals surface area contributed by atoms with Crippen molar-refractivity contribution in [3.8, 4) is 0 Å². The summed E-state index contributed by atoms with van der Waals surface area (Å²) in [4.78, 5) is 0. The third-order valence-electron chi connectivity index (χ3n) is 3.00. The molecule has 0 aliphatic carbocycles. The minimum atomic E-state index is -4.94. The third kappa shape index (κ3) is 5.34. The molecule has 1 N–H and O–H groups in total. The summed E-state index contributed by atoms with van der Waals surface area (Å²) in [7, 11) is -1.71. The summed E-state index contributed by atoms with van der Waals surface area (Å²) >= 11 is 0. The fourth-order valence-corrected chi connectivity index (χ4v) is 2.52. The van der Waals surface area contributed by atoms with Crippen LogP contribution in [0.1, 0.15) is 43.5 Å². The Kier molecular flexibility index (Phi) is 5.93. The van der Waals surface area contributed by atoms with Gasteiger partial charge < -0.3 is 0 Å². The van der Waals surface area contributed by atoms with Crippen LogP contribution in [-0.2, 0) is 23.3 Å². The van der Waals surface area contributed by atoms with Gasteiger partial charge >= 0.3 is 12.4 Å². The number of rotatable bonds is 4. The van der Waals surface area contributed by atoms with Crippen LogP contribution in [0.15, 0.2) is 30.9 Å². The first-order chi connectivity index (χ1) is 10.7. The van der Waals surface area contributed by atoms with Gasteiger partial charge in [0.15, 0.2) is 0 Å². The van der Waals surface area contributed by atoms with Crippen LogP contribution in [0, 0.1) is 0 Å². The molecule has 0 saturated carbocycles. The maximum absolute atomic E-state index is 12.9. The molecule has 24 heavy (non-hydrogen) atoms. The molecular weight excluding hydrogens is 356 g/mol. The monoisotopic (exact) mass is 373 g/mol. The molecule has 9 heteroatoms. The molecule has 0 amide bonds. The summed E-state index contributed by atoms with van der Waals surface area (Å²) in [5, 5.41) is 0. The molecule has 2 atom stereocenters. The van der Waals surface area contributed by atoms with Gasteiger partial charge in [-0.3, -0.25) is 0 Å². The van der Waals surface area contributed by atoms with Crippen LogP contribution < -0.4 is 4.72 Å². The summed E-state index contributed by atoms with van der Waals surface area (Å²) in [6.07, 6.45) is -8.77. The topological polar surface area (TPSA) is 29.1 Å². The van der Waals surface area contributed by atoms with Crippen molar-refractivity contribution in [3.63, 3.8) is 0 Å².